The molecule has 0 atom stereocenters. The summed E-state index contributed by atoms with van der Waals surface area (Å²) in [4.78, 5) is 25.2. The van der Waals surface area contributed by atoms with Crippen LogP contribution in [0.2, 0.25) is 0 Å². The van der Waals surface area contributed by atoms with Crippen LogP contribution in [-0.2, 0) is 0 Å². The van der Waals surface area contributed by atoms with E-state index in [1.807, 2.05) is 103 Å². The Labute approximate surface area is 271 Å². The van der Waals surface area contributed by atoms with Crippen LogP contribution in [0.4, 0.5) is 16.1 Å². The molecule has 8 rings (SSSR count). The SMILES string of the molecule is [C-]#[N+]/C(C#N)=C1\C(=C/c2ccc(N(c3ccccc3)c3ccc4ccccc4n3)[se]2)C(=O)c2c1c1ccccc1c1ccccc21. The first-order valence-corrected chi connectivity index (χ1v) is 16.4. The summed E-state index contributed by atoms with van der Waals surface area (Å²) in [6.45, 7) is 7.89. The molecule has 0 N–H and O–H groups in total. The fraction of sp³-hybridized carbons (Fsp3) is 0. The fourth-order valence-corrected chi connectivity index (χ4v) is 8.41. The number of Topliss-reactive ketones (excluding diaryl/α,β-unsaturated/α-hetero) is 1. The summed E-state index contributed by atoms with van der Waals surface area (Å²) in [6.07, 6.45) is 1.89. The Bertz CT molecular complexity index is 2510. The number of carbonyl (C=O) groups excluding carboxylic acids is 1. The van der Waals surface area contributed by atoms with Gasteiger partial charge in [0.1, 0.15) is 0 Å². The zero-order valence-corrected chi connectivity index (χ0v) is 26.0. The molecule has 0 saturated carbocycles. The van der Waals surface area contributed by atoms with Crippen LogP contribution in [0.25, 0.3) is 48.9 Å². The number of hydrogen-bond donors (Lipinski definition) is 0. The van der Waals surface area contributed by atoms with Crippen LogP contribution in [0.1, 0.15) is 20.4 Å². The van der Waals surface area contributed by atoms with Crippen molar-refractivity contribution >= 4 is 80.5 Å². The van der Waals surface area contributed by atoms with Crippen molar-refractivity contribution in [3.63, 3.8) is 0 Å². The molecule has 0 spiro atoms. The Balaban J connectivity index is 1.32. The van der Waals surface area contributed by atoms with Crippen molar-refractivity contribution in [1.29, 1.82) is 5.26 Å². The number of ketones is 1. The molecule has 2 heterocycles. The monoisotopic (exact) mass is 654 g/mol. The molecular formula is C40H22N4OSe. The van der Waals surface area contributed by atoms with Gasteiger partial charge in [0.2, 0.25) is 0 Å². The first-order valence-electron chi connectivity index (χ1n) is 14.7. The van der Waals surface area contributed by atoms with Crippen molar-refractivity contribution in [3.8, 4) is 6.07 Å². The maximum atomic E-state index is 14.4. The molecule has 0 fully saturated rings. The Morgan fingerprint density at radius 3 is 2.13 bits per heavy atom. The van der Waals surface area contributed by atoms with Gasteiger partial charge in [0.05, 0.1) is 0 Å². The van der Waals surface area contributed by atoms with Gasteiger partial charge >= 0.3 is 272 Å². The second-order valence-electron chi connectivity index (χ2n) is 10.9. The molecule has 1 aliphatic carbocycles. The maximum absolute atomic E-state index is 14.4. The van der Waals surface area contributed by atoms with Crippen LogP contribution < -0.4 is 4.90 Å². The molecule has 0 aliphatic heterocycles. The first-order chi connectivity index (χ1) is 22.7. The van der Waals surface area contributed by atoms with Gasteiger partial charge in [0.15, 0.2) is 0 Å². The molecule has 0 saturated heterocycles. The van der Waals surface area contributed by atoms with Gasteiger partial charge < -0.3 is 0 Å². The number of nitrogens with zero attached hydrogens (tertiary/aromatic N) is 4. The zero-order valence-electron chi connectivity index (χ0n) is 24.3. The molecule has 5 aromatic carbocycles. The number of para-hydroxylation sites is 2. The van der Waals surface area contributed by atoms with Crippen molar-refractivity contribution in [2.75, 3.05) is 4.90 Å². The topological polar surface area (TPSA) is 61.4 Å². The zero-order chi connectivity index (χ0) is 31.2. The summed E-state index contributed by atoms with van der Waals surface area (Å²) < 4.78 is 2.03. The molecule has 6 heteroatoms. The summed E-state index contributed by atoms with van der Waals surface area (Å²) in [5.74, 6) is 0.646. The van der Waals surface area contributed by atoms with E-state index in [0.29, 0.717) is 22.3 Å². The third-order valence-corrected chi connectivity index (χ3v) is 10.5. The molecule has 1 aliphatic rings. The van der Waals surface area contributed by atoms with Crippen molar-refractivity contribution in [3.05, 3.63) is 166 Å². The normalized spacial score (nSPS) is 14.4. The number of fused-ring (bicyclic) bond motifs is 7. The molecule has 0 radical (unpaired) electrons. The molecule has 7 aromatic rings. The van der Waals surface area contributed by atoms with E-state index >= 15 is 0 Å². The summed E-state index contributed by atoms with van der Waals surface area (Å²) in [7, 11) is 0. The Hall–Kier alpha value is -6.04. The molecule has 214 valence electrons. The summed E-state index contributed by atoms with van der Waals surface area (Å²) in [6, 6.07) is 44.3. The van der Waals surface area contributed by atoms with Gasteiger partial charge in [-0.05, 0) is 0 Å². The van der Waals surface area contributed by atoms with Gasteiger partial charge in [-0.3, -0.25) is 0 Å². The van der Waals surface area contributed by atoms with E-state index in [1.165, 1.54) is 0 Å². The first kappa shape index (κ1) is 27.5. The van der Waals surface area contributed by atoms with E-state index in [1.54, 1.807) is 0 Å². The van der Waals surface area contributed by atoms with E-state index in [9.17, 15) is 10.1 Å². The number of aromatic nitrogens is 1. The summed E-state index contributed by atoms with van der Waals surface area (Å²) >= 11 is -0.203. The molecule has 0 unspecified atom stereocenters. The van der Waals surface area contributed by atoms with E-state index in [0.717, 1.165) is 53.0 Å². The Morgan fingerprint density at radius 1 is 0.761 bits per heavy atom. The summed E-state index contributed by atoms with van der Waals surface area (Å²) in [5.41, 5.74) is 3.85. The molecule has 2 aromatic heterocycles. The summed E-state index contributed by atoms with van der Waals surface area (Å²) in [5, 5.41) is 14.8. The number of allylic oxidation sites excluding steroid dienone is 3. The number of pyridine rings is 1. The molecule has 5 nitrogen and oxygen atoms in total. The number of carbonyl (C=O) groups is 1. The fourth-order valence-electron chi connectivity index (χ4n) is 6.35. The second kappa shape index (κ2) is 11.1. The predicted octanol–water partition coefficient (Wildman–Crippen LogP) is 9.50. The second-order valence-corrected chi connectivity index (χ2v) is 13.2. The van der Waals surface area contributed by atoms with Crippen molar-refractivity contribution < 1.29 is 4.79 Å². The van der Waals surface area contributed by atoms with Crippen LogP contribution >= 0.6 is 0 Å². The van der Waals surface area contributed by atoms with Gasteiger partial charge in [-0.15, -0.1) is 0 Å². The average molecular weight is 654 g/mol. The number of anilines is 3. The third kappa shape index (κ3) is 4.37. The Kier molecular flexibility index (Phi) is 6.67. The average Bonchev–Trinajstić information content (AvgIpc) is 3.68. The standard InChI is InChI=1S/C40H22N4OSe/c1-42-34(24-41)37-32(40(45)39-31-17-9-7-15-29(31)28-14-6-8-16-30(28)38(37)39)23-27-20-22-36(46-27)44(26-12-3-2-4-13-26)35-21-19-25-11-5-10-18-33(25)43-35/h2-23H/b32-23+,37-34+. The van der Waals surface area contributed by atoms with Gasteiger partial charge in [-0.25, -0.2) is 0 Å². The quantitative estimate of drug-likeness (QED) is 0.0624. The number of benzene rings is 5. The minimum atomic E-state index is -0.203. The van der Waals surface area contributed by atoms with Crippen LogP contribution in [0.5, 0.6) is 0 Å². The van der Waals surface area contributed by atoms with Crippen LogP contribution in [0.3, 0.4) is 0 Å². The predicted molar refractivity (Wildman–Crippen MR) is 186 cm³/mol. The van der Waals surface area contributed by atoms with Crippen LogP contribution in [0.15, 0.2) is 139 Å². The van der Waals surface area contributed by atoms with Gasteiger partial charge in [-0.1, -0.05) is 0 Å². The molecule has 0 amide bonds. The number of rotatable bonds is 4. The van der Waals surface area contributed by atoms with Crippen LogP contribution in [0, 0.1) is 17.9 Å². The van der Waals surface area contributed by atoms with Gasteiger partial charge in [-0.2, -0.15) is 0 Å². The van der Waals surface area contributed by atoms with E-state index < -0.39 is 0 Å². The van der Waals surface area contributed by atoms with E-state index in [4.69, 9.17) is 11.6 Å². The molecule has 0 bridgehead atoms. The Morgan fingerprint density at radius 2 is 1.41 bits per heavy atom. The minimum absolute atomic E-state index is 0.0793. The third-order valence-electron chi connectivity index (χ3n) is 8.33. The van der Waals surface area contributed by atoms with E-state index in [-0.39, 0.29) is 26.0 Å². The van der Waals surface area contributed by atoms with Crippen molar-refractivity contribution in [2.45, 2.75) is 0 Å². The number of nitriles is 1. The van der Waals surface area contributed by atoms with E-state index in [2.05, 4.69) is 46.1 Å². The molecule has 46 heavy (non-hydrogen) atoms. The molecular weight excluding hydrogens is 631 g/mol. The van der Waals surface area contributed by atoms with Gasteiger partial charge in [0, 0.05) is 0 Å². The van der Waals surface area contributed by atoms with Crippen LogP contribution in [-0.4, -0.2) is 25.3 Å². The van der Waals surface area contributed by atoms with Gasteiger partial charge in [0.25, 0.3) is 0 Å². The van der Waals surface area contributed by atoms with Crippen molar-refractivity contribution in [1.82, 2.24) is 4.98 Å². The van der Waals surface area contributed by atoms with Crippen molar-refractivity contribution in [2.24, 2.45) is 0 Å². The number of hydrogen-bond acceptors (Lipinski definition) is 4.